The highest BCUT2D eigenvalue weighted by molar-refractivity contribution is 7.12. The molecule has 3 aromatic rings. The van der Waals surface area contributed by atoms with Gasteiger partial charge in [0, 0.05) is 24.6 Å². The number of methoxy groups -OCH3 is 1. The van der Waals surface area contributed by atoms with Crippen molar-refractivity contribution in [2.75, 3.05) is 40.0 Å². The minimum absolute atomic E-state index is 0.0151. The Morgan fingerprint density at radius 2 is 1.97 bits per heavy atom. The van der Waals surface area contributed by atoms with Crippen LogP contribution in [0.1, 0.15) is 39.0 Å². The van der Waals surface area contributed by atoms with Gasteiger partial charge in [-0.3, -0.25) is 9.59 Å². The zero-order valence-corrected chi connectivity index (χ0v) is 21.9. The van der Waals surface area contributed by atoms with Gasteiger partial charge in [-0.1, -0.05) is 18.2 Å². The van der Waals surface area contributed by atoms with Crippen molar-refractivity contribution in [1.29, 1.82) is 0 Å². The van der Waals surface area contributed by atoms with Gasteiger partial charge >= 0.3 is 0 Å². The molecule has 2 aromatic heterocycles. The summed E-state index contributed by atoms with van der Waals surface area (Å²) in [5, 5.41) is 3.95. The van der Waals surface area contributed by atoms with E-state index >= 15 is 0 Å². The van der Waals surface area contributed by atoms with Gasteiger partial charge in [-0.15, -0.1) is 22.7 Å². The third-order valence-electron chi connectivity index (χ3n) is 6.67. The number of carbonyl (C=O) groups excluding carboxylic acids is 2. The Morgan fingerprint density at radius 1 is 1.11 bits per heavy atom. The van der Waals surface area contributed by atoms with Crippen molar-refractivity contribution in [1.82, 2.24) is 9.80 Å². The quantitative estimate of drug-likeness (QED) is 0.406. The van der Waals surface area contributed by atoms with Crippen LogP contribution < -0.4 is 9.47 Å². The van der Waals surface area contributed by atoms with E-state index in [4.69, 9.17) is 14.2 Å². The summed E-state index contributed by atoms with van der Waals surface area (Å²) in [6.45, 7) is 2.03. The molecule has 0 bridgehead atoms. The Kier molecular flexibility index (Phi) is 7.89. The van der Waals surface area contributed by atoms with Crippen molar-refractivity contribution in [2.45, 2.75) is 31.4 Å². The first kappa shape index (κ1) is 24.8. The first-order valence-corrected chi connectivity index (χ1v) is 14.0. The molecule has 2 amide bonds. The molecule has 7 nitrogen and oxygen atoms in total. The maximum Gasteiger partial charge on any atom is 0.264 e. The van der Waals surface area contributed by atoms with Gasteiger partial charge in [0.05, 0.1) is 24.1 Å². The lowest BCUT2D eigenvalue weighted by Crippen LogP contribution is -2.49. The number of hydrogen-bond donors (Lipinski definition) is 0. The van der Waals surface area contributed by atoms with Crippen molar-refractivity contribution in [3.63, 3.8) is 0 Å². The van der Waals surface area contributed by atoms with Crippen LogP contribution in [0.15, 0.2) is 53.2 Å². The minimum Gasteiger partial charge on any atom is -0.493 e. The number of fused-ring (bicyclic) bond motifs is 1. The van der Waals surface area contributed by atoms with Crippen molar-refractivity contribution >= 4 is 34.5 Å². The molecular weight excluding hydrogens is 496 g/mol. The summed E-state index contributed by atoms with van der Waals surface area (Å²) < 4.78 is 17.4. The van der Waals surface area contributed by atoms with Crippen LogP contribution in [0, 0.1) is 0 Å². The number of nitrogens with zero attached hydrogens (tertiary/aromatic N) is 2. The number of benzene rings is 1. The van der Waals surface area contributed by atoms with E-state index < -0.39 is 0 Å². The normalized spacial score (nSPS) is 19.1. The van der Waals surface area contributed by atoms with Crippen LogP contribution in [0.5, 0.6) is 11.5 Å². The monoisotopic (exact) mass is 526 g/mol. The Bertz CT molecular complexity index is 1170. The average Bonchev–Trinajstić information content (AvgIpc) is 3.69. The molecule has 0 radical (unpaired) electrons. The molecular formula is C27H30N2O5S2. The summed E-state index contributed by atoms with van der Waals surface area (Å²) in [6.07, 6.45) is 2.65. The molecule has 4 heterocycles. The summed E-state index contributed by atoms with van der Waals surface area (Å²) in [4.78, 5) is 32.5. The zero-order valence-electron chi connectivity index (χ0n) is 20.3. The standard InChI is InChI=1S/C27H30N2O5S2/c1-32-22-7-2-3-8-23(22)34-18-21-20-11-15-36-24(20)10-12-29(21)26(30)17-28(16-19-6-4-13-33-19)27(31)25-9-5-14-35-25/h2-3,5,7-9,11,14-15,19,21H,4,6,10,12-13,16-18H2,1H3. The first-order valence-electron chi connectivity index (χ1n) is 12.2. The van der Waals surface area contributed by atoms with Crippen LogP contribution in [0.25, 0.3) is 0 Å². The van der Waals surface area contributed by atoms with E-state index in [2.05, 4.69) is 11.4 Å². The highest BCUT2D eigenvalue weighted by Crippen LogP contribution is 2.35. The lowest BCUT2D eigenvalue weighted by Gasteiger charge is -2.37. The second-order valence-electron chi connectivity index (χ2n) is 8.91. The SMILES string of the molecule is COc1ccccc1OCC1c2ccsc2CCN1C(=O)CN(CC1CCCO1)C(=O)c1cccs1. The van der Waals surface area contributed by atoms with Crippen LogP contribution in [0.4, 0.5) is 0 Å². The number of para-hydroxylation sites is 2. The molecule has 9 heteroatoms. The van der Waals surface area contributed by atoms with Gasteiger partial charge in [-0.05, 0) is 59.9 Å². The summed E-state index contributed by atoms with van der Waals surface area (Å²) in [5.74, 6) is 1.09. The zero-order chi connectivity index (χ0) is 24.9. The molecule has 0 saturated carbocycles. The lowest BCUT2D eigenvalue weighted by molar-refractivity contribution is -0.135. The summed E-state index contributed by atoms with van der Waals surface area (Å²) in [6, 6.07) is 13.0. The molecule has 2 atom stereocenters. The fraction of sp³-hybridized carbons (Fsp3) is 0.407. The fourth-order valence-corrected chi connectivity index (χ4v) is 6.46. The molecule has 0 N–H and O–H groups in total. The Morgan fingerprint density at radius 3 is 2.72 bits per heavy atom. The summed E-state index contributed by atoms with van der Waals surface area (Å²) in [5.41, 5.74) is 1.12. The van der Waals surface area contributed by atoms with Crippen molar-refractivity contribution in [3.8, 4) is 11.5 Å². The van der Waals surface area contributed by atoms with Crippen molar-refractivity contribution in [3.05, 3.63) is 68.5 Å². The molecule has 1 saturated heterocycles. The Labute approximate surface area is 219 Å². The Balaban J connectivity index is 1.35. The molecule has 36 heavy (non-hydrogen) atoms. The molecule has 1 fully saturated rings. The van der Waals surface area contributed by atoms with Crippen LogP contribution in [-0.2, 0) is 16.0 Å². The van der Waals surface area contributed by atoms with E-state index in [-0.39, 0.29) is 30.5 Å². The maximum atomic E-state index is 13.8. The van der Waals surface area contributed by atoms with Gasteiger partial charge in [-0.2, -0.15) is 0 Å². The van der Waals surface area contributed by atoms with E-state index in [1.165, 1.54) is 16.2 Å². The second-order valence-corrected chi connectivity index (χ2v) is 10.9. The van der Waals surface area contributed by atoms with E-state index in [0.29, 0.717) is 42.7 Å². The van der Waals surface area contributed by atoms with Gasteiger partial charge in [0.15, 0.2) is 11.5 Å². The number of carbonyl (C=O) groups is 2. The molecule has 2 aliphatic rings. The fourth-order valence-electron chi connectivity index (χ4n) is 4.84. The molecule has 5 rings (SSSR count). The smallest absolute Gasteiger partial charge is 0.264 e. The third-order valence-corrected chi connectivity index (χ3v) is 8.53. The number of ether oxygens (including phenoxy) is 3. The van der Waals surface area contributed by atoms with Gasteiger partial charge in [-0.25, -0.2) is 0 Å². The number of hydrogen-bond acceptors (Lipinski definition) is 7. The van der Waals surface area contributed by atoms with Gasteiger partial charge in [0.2, 0.25) is 5.91 Å². The van der Waals surface area contributed by atoms with Gasteiger partial charge < -0.3 is 24.0 Å². The molecule has 1 aromatic carbocycles. The second kappa shape index (κ2) is 11.5. The third kappa shape index (κ3) is 5.43. The van der Waals surface area contributed by atoms with E-state index in [1.807, 2.05) is 46.7 Å². The first-order chi connectivity index (χ1) is 17.6. The number of thiophene rings is 2. The van der Waals surface area contributed by atoms with Crippen LogP contribution >= 0.6 is 22.7 Å². The molecule has 190 valence electrons. The largest absolute Gasteiger partial charge is 0.493 e. The molecule has 0 aliphatic carbocycles. The van der Waals surface area contributed by atoms with E-state index in [1.54, 1.807) is 23.3 Å². The highest BCUT2D eigenvalue weighted by atomic mass is 32.1. The predicted molar refractivity (Wildman–Crippen MR) is 140 cm³/mol. The average molecular weight is 527 g/mol. The minimum atomic E-state index is -0.237. The predicted octanol–water partition coefficient (Wildman–Crippen LogP) is 4.64. The van der Waals surface area contributed by atoms with Crippen molar-refractivity contribution < 1.29 is 23.8 Å². The van der Waals surface area contributed by atoms with Gasteiger partial charge in [0.25, 0.3) is 5.91 Å². The highest BCUT2D eigenvalue weighted by Gasteiger charge is 2.34. The van der Waals surface area contributed by atoms with E-state index in [9.17, 15) is 9.59 Å². The maximum absolute atomic E-state index is 13.8. The van der Waals surface area contributed by atoms with Crippen LogP contribution in [0.3, 0.4) is 0 Å². The van der Waals surface area contributed by atoms with Crippen molar-refractivity contribution in [2.24, 2.45) is 0 Å². The number of amides is 2. The number of rotatable bonds is 9. The van der Waals surface area contributed by atoms with Gasteiger partial charge in [0.1, 0.15) is 13.2 Å². The van der Waals surface area contributed by atoms with Crippen LogP contribution in [-0.4, -0.2) is 67.7 Å². The summed E-state index contributed by atoms with van der Waals surface area (Å²) in [7, 11) is 1.61. The Hall–Kier alpha value is -2.88. The molecule has 0 spiro atoms. The van der Waals surface area contributed by atoms with Crippen LogP contribution in [0.2, 0.25) is 0 Å². The van der Waals surface area contributed by atoms with E-state index in [0.717, 1.165) is 24.8 Å². The topological polar surface area (TPSA) is 68.3 Å². The molecule has 2 aliphatic heterocycles. The molecule has 2 unspecified atom stereocenters. The lowest BCUT2D eigenvalue weighted by atomic mass is 10.0. The summed E-state index contributed by atoms with van der Waals surface area (Å²) >= 11 is 3.11.